The van der Waals surface area contributed by atoms with E-state index in [1.807, 2.05) is 62.5 Å². The van der Waals surface area contributed by atoms with E-state index in [1.165, 1.54) is 12.0 Å². The average Bonchev–Trinajstić information content (AvgIpc) is 3.19. The molecular weight excluding hydrogens is 422 g/mol. The molecule has 3 aromatic rings. The van der Waals surface area contributed by atoms with Crippen LogP contribution in [0.15, 0.2) is 53.1 Å². The van der Waals surface area contributed by atoms with Gasteiger partial charge in [0.05, 0.1) is 13.7 Å². The number of ether oxygens (including phenoxy) is 2. The summed E-state index contributed by atoms with van der Waals surface area (Å²) < 4.78 is 15.6. The van der Waals surface area contributed by atoms with Gasteiger partial charge in [0.2, 0.25) is 0 Å². The molecule has 4 rings (SSSR count). The normalized spacial score (nSPS) is 14.4. The van der Waals surface area contributed by atoms with Crippen molar-refractivity contribution in [1.29, 1.82) is 0 Å². The van der Waals surface area contributed by atoms with Crippen molar-refractivity contribution in [2.45, 2.75) is 19.3 Å². The number of carbonyl (C=O) groups excluding carboxylic acids is 2. The second-order valence-electron chi connectivity index (χ2n) is 8.01. The molecule has 0 atom stereocenters. The van der Waals surface area contributed by atoms with E-state index >= 15 is 0 Å². The molecule has 1 N–H and O–H groups in total. The summed E-state index contributed by atoms with van der Waals surface area (Å²) in [6.07, 6.45) is -0.449. The largest absolute Gasteiger partial charge is 0.465 e. The van der Waals surface area contributed by atoms with Crippen molar-refractivity contribution >= 4 is 17.7 Å². The standard InChI is InChI=1S/C25H27N3O5/c1-5-32-23(29)25(14-28(15-25)24(30)31-4)20-12-10-18(11-13-20)17-6-8-19(9-7-17)22-21(26-3)16(2)27-33-22/h6-13,26H,5,14-15H2,1-4H3. The maximum absolute atomic E-state index is 12.8. The van der Waals surface area contributed by atoms with E-state index in [1.54, 1.807) is 6.92 Å². The fourth-order valence-corrected chi connectivity index (χ4v) is 4.22. The monoisotopic (exact) mass is 449 g/mol. The lowest BCUT2D eigenvalue weighted by Crippen LogP contribution is -2.65. The third kappa shape index (κ3) is 3.92. The van der Waals surface area contributed by atoms with Crippen LogP contribution in [0.25, 0.3) is 22.5 Å². The fourth-order valence-electron chi connectivity index (χ4n) is 4.22. The van der Waals surface area contributed by atoms with Gasteiger partial charge in [-0.1, -0.05) is 53.7 Å². The van der Waals surface area contributed by atoms with E-state index in [0.29, 0.717) is 5.76 Å². The summed E-state index contributed by atoms with van der Waals surface area (Å²) in [4.78, 5) is 26.1. The Bertz CT molecular complexity index is 1150. The number of rotatable bonds is 6. The summed E-state index contributed by atoms with van der Waals surface area (Å²) in [5.74, 6) is 0.373. The molecule has 1 aliphatic rings. The van der Waals surface area contributed by atoms with Gasteiger partial charge in [0.1, 0.15) is 16.8 Å². The Kier molecular flexibility index (Phi) is 6.09. The van der Waals surface area contributed by atoms with Gasteiger partial charge in [-0.2, -0.15) is 0 Å². The van der Waals surface area contributed by atoms with Gasteiger partial charge < -0.3 is 24.2 Å². The fraction of sp³-hybridized carbons (Fsp3) is 0.320. The van der Waals surface area contributed by atoms with Gasteiger partial charge in [-0.15, -0.1) is 0 Å². The SMILES string of the molecule is CCOC(=O)C1(c2ccc(-c3ccc(-c4onc(C)c4NC)cc3)cc2)CN(C(=O)OC)C1. The number of esters is 1. The van der Waals surface area contributed by atoms with E-state index in [9.17, 15) is 9.59 Å². The van der Waals surface area contributed by atoms with E-state index in [-0.39, 0.29) is 25.7 Å². The van der Waals surface area contributed by atoms with Crippen molar-refractivity contribution in [3.05, 3.63) is 59.8 Å². The number of carbonyl (C=O) groups is 2. The van der Waals surface area contributed by atoms with Crippen molar-refractivity contribution in [3.63, 3.8) is 0 Å². The van der Waals surface area contributed by atoms with Crippen LogP contribution in [-0.4, -0.2) is 56.0 Å². The van der Waals surface area contributed by atoms with Crippen molar-refractivity contribution in [2.75, 3.05) is 39.2 Å². The lowest BCUT2D eigenvalue weighted by Gasteiger charge is -2.47. The molecule has 0 radical (unpaired) electrons. The Balaban J connectivity index is 1.57. The number of amides is 1. The Morgan fingerprint density at radius 1 is 1.06 bits per heavy atom. The van der Waals surface area contributed by atoms with Crippen LogP contribution in [0.4, 0.5) is 10.5 Å². The molecule has 172 valence electrons. The van der Waals surface area contributed by atoms with Gasteiger partial charge in [-0.25, -0.2) is 4.79 Å². The maximum atomic E-state index is 12.8. The first-order valence-corrected chi connectivity index (χ1v) is 10.8. The highest BCUT2D eigenvalue weighted by molar-refractivity contribution is 5.88. The molecule has 2 aromatic carbocycles. The van der Waals surface area contributed by atoms with Gasteiger partial charge in [0.25, 0.3) is 0 Å². The molecule has 33 heavy (non-hydrogen) atoms. The summed E-state index contributed by atoms with van der Waals surface area (Å²) in [5.41, 5.74) is 4.59. The predicted octanol–water partition coefficient (Wildman–Crippen LogP) is 4.24. The van der Waals surface area contributed by atoms with E-state index in [4.69, 9.17) is 14.0 Å². The molecule has 0 saturated carbocycles. The highest BCUT2D eigenvalue weighted by Gasteiger charge is 2.54. The summed E-state index contributed by atoms with van der Waals surface area (Å²) in [6, 6.07) is 15.8. The zero-order chi connectivity index (χ0) is 23.6. The van der Waals surface area contributed by atoms with Crippen LogP contribution in [0, 0.1) is 6.92 Å². The number of hydrogen-bond acceptors (Lipinski definition) is 7. The second kappa shape index (κ2) is 8.97. The molecule has 0 unspecified atom stereocenters. The second-order valence-corrected chi connectivity index (χ2v) is 8.01. The summed E-state index contributed by atoms with van der Waals surface area (Å²) in [7, 11) is 3.17. The minimum Gasteiger partial charge on any atom is -0.465 e. The number of aromatic nitrogens is 1. The van der Waals surface area contributed by atoms with Crippen LogP contribution in [-0.2, 0) is 19.7 Å². The molecule has 1 fully saturated rings. The van der Waals surface area contributed by atoms with Gasteiger partial charge in [0.15, 0.2) is 5.76 Å². The zero-order valence-corrected chi connectivity index (χ0v) is 19.2. The van der Waals surface area contributed by atoms with Gasteiger partial charge >= 0.3 is 12.1 Å². The average molecular weight is 450 g/mol. The molecular formula is C25H27N3O5. The van der Waals surface area contributed by atoms with Crippen LogP contribution in [0.5, 0.6) is 0 Å². The number of anilines is 1. The van der Waals surface area contributed by atoms with Crippen LogP contribution in [0.1, 0.15) is 18.2 Å². The Morgan fingerprint density at radius 2 is 1.64 bits per heavy atom. The quantitative estimate of drug-likeness (QED) is 0.563. The first-order chi connectivity index (χ1) is 15.9. The van der Waals surface area contributed by atoms with Gasteiger partial charge in [-0.05, 0) is 30.5 Å². The van der Waals surface area contributed by atoms with Crippen LogP contribution in [0.2, 0.25) is 0 Å². The predicted molar refractivity (Wildman–Crippen MR) is 124 cm³/mol. The first-order valence-electron chi connectivity index (χ1n) is 10.8. The minimum absolute atomic E-state index is 0.233. The lowest BCUT2D eigenvalue weighted by molar-refractivity contribution is -0.156. The van der Waals surface area contributed by atoms with Crippen LogP contribution >= 0.6 is 0 Å². The number of nitrogens with zero attached hydrogens (tertiary/aromatic N) is 2. The van der Waals surface area contributed by atoms with E-state index < -0.39 is 11.5 Å². The van der Waals surface area contributed by atoms with Gasteiger partial charge in [-0.3, -0.25) is 4.79 Å². The summed E-state index contributed by atoms with van der Waals surface area (Å²) >= 11 is 0. The topological polar surface area (TPSA) is 93.9 Å². The Hall–Kier alpha value is -3.81. The maximum Gasteiger partial charge on any atom is 0.409 e. The molecule has 1 saturated heterocycles. The number of hydrogen-bond donors (Lipinski definition) is 1. The molecule has 1 aliphatic heterocycles. The molecule has 2 heterocycles. The Morgan fingerprint density at radius 3 is 2.18 bits per heavy atom. The van der Waals surface area contributed by atoms with Crippen molar-refractivity contribution in [1.82, 2.24) is 10.1 Å². The Labute approximate surface area is 192 Å². The van der Waals surface area contributed by atoms with Crippen LogP contribution < -0.4 is 5.32 Å². The highest BCUT2D eigenvalue weighted by Crippen LogP contribution is 2.38. The first kappa shape index (κ1) is 22.4. The van der Waals surface area contributed by atoms with E-state index in [0.717, 1.165) is 33.6 Å². The third-order valence-electron chi connectivity index (χ3n) is 6.05. The number of nitrogens with one attached hydrogen (secondary N) is 1. The third-order valence-corrected chi connectivity index (χ3v) is 6.05. The molecule has 8 heteroatoms. The molecule has 1 aromatic heterocycles. The number of benzene rings is 2. The lowest BCUT2D eigenvalue weighted by atomic mass is 9.73. The highest BCUT2D eigenvalue weighted by atomic mass is 16.5. The molecule has 0 aliphatic carbocycles. The van der Waals surface area contributed by atoms with Crippen molar-refractivity contribution < 1.29 is 23.6 Å². The van der Waals surface area contributed by atoms with Crippen LogP contribution in [0.3, 0.4) is 0 Å². The van der Waals surface area contributed by atoms with Gasteiger partial charge in [0, 0.05) is 25.7 Å². The number of likely N-dealkylation sites (tertiary alicyclic amines) is 1. The van der Waals surface area contributed by atoms with Crippen molar-refractivity contribution in [3.8, 4) is 22.5 Å². The number of aryl methyl sites for hydroxylation is 1. The summed E-state index contributed by atoms with van der Waals surface area (Å²) in [5, 5.41) is 7.16. The molecule has 8 nitrogen and oxygen atoms in total. The summed E-state index contributed by atoms with van der Waals surface area (Å²) in [6.45, 7) is 4.41. The molecule has 1 amide bonds. The smallest absolute Gasteiger partial charge is 0.409 e. The molecule has 0 bridgehead atoms. The van der Waals surface area contributed by atoms with Crippen molar-refractivity contribution in [2.24, 2.45) is 0 Å². The van der Waals surface area contributed by atoms with E-state index in [2.05, 4.69) is 10.5 Å². The number of methoxy groups -OCH3 is 1. The minimum atomic E-state index is -0.875. The zero-order valence-electron chi connectivity index (χ0n) is 19.2. The molecule has 0 spiro atoms.